The third kappa shape index (κ3) is 2.38. The molecule has 1 aliphatic rings. The summed E-state index contributed by atoms with van der Waals surface area (Å²) in [6.45, 7) is 3.87. The fourth-order valence-electron chi connectivity index (χ4n) is 1.39. The fourth-order valence-corrected chi connectivity index (χ4v) is 1.39. The van der Waals surface area contributed by atoms with Crippen molar-refractivity contribution in [3.05, 3.63) is 0 Å². The molecule has 1 amide bonds. The van der Waals surface area contributed by atoms with Crippen LogP contribution in [-0.4, -0.2) is 30.3 Å². The lowest BCUT2D eigenvalue weighted by molar-refractivity contribution is 0.180. The van der Waals surface area contributed by atoms with Crippen LogP contribution in [-0.2, 0) is 0 Å². The number of amides is 1. The Balaban J connectivity index is 2.35. The van der Waals surface area contributed by atoms with Gasteiger partial charge in [0.2, 0.25) is 0 Å². The lowest BCUT2D eigenvalue weighted by atomic mass is 9.96. The number of carbonyl (C=O) groups is 1. The van der Waals surface area contributed by atoms with E-state index in [9.17, 15) is 4.79 Å². The number of piperidine rings is 1. The SMILES string of the molecule is CC1CNCCC1NC(=O)O. The van der Waals surface area contributed by atoms with Gasteiger partial charge in [-0.15, -0.1) is 0 Å². The minimum Gasteiger partial charge on any atom is -0.465 e. The Kier molecular flexibility index (Phi) is 2.70. The van der Waals surface area contributed by atoms with Crippen molar-refractivity contribution in [2.75, 3.05) is 13.1 Å². The van der Waals surface area contributed by atoms with Crippen LogP contribution in [0.5, 0.6) is 0 Å². The molecule has 1 fully saturated rings. The molecule has 1 heterocycles. The highest BCUT2D eigenvalue weighted by Crippen LogP contribution is 2.09. The zero-order chi connectivity index (χ0) is 8.27. The first kappa shape index (κ1) is 8.33. The number of rotatable bonds is 1. The first-order valence-corrected chi connectivity index (χ1v) is 3.90. The van der Waals surface area contributed by atoms with Gasteiger partial charge < -0.3 is 15.7 Å². The topological polar surface area (TPSA) is 61.4 Å². The van der Waals surface area contributed by atoms with E-state index in [4.69, 9.17) is 5.11 Å². The van der Waals surface area contributed by atoms with Gasteiger partial charge in [0.05, 0.1) is 0 Å². The molecule has 0 aromatic heterocycles. The maximum absolute atomic E-state index is 10.3. The highest BCUT2D eigenvalue weighted by Gasteiger charge is 2.21. The van der Waals surface area contributed by atoms with E-state index >= 15 is 0 Å². The average molecular weight is 158 g/mol. The van der Waals surface area contributed by atoms with Gasteiger partial charge in [-0.1, -0.05) is 6.92 Å². The zero-order valence-corrected chi connectivity index (χ0v) is 6.63. The predicted molar refractivity (Wildman–Crippen MR) is 41.6 cm³/mol. The van der Waals surface area contributed by atoms with E-state index in [1.165, 1.54) is 0 Å². The van der Waals surface area contributed by atoms with E-state index in [0.717, 1.165) is 19.5 Å². The second-order valence-corrected chi connectivity index (χ2v) is 3.03. The van der Waals surface area contributed by atoms with Crippen molar-refractivity contribution >= 4 is 6.09 Å². The molecule has 0 aromatic carbocycles. The third-order valence-electron chi connectivity index (χ3n) is 2.09. The Labute approximate surface area is 66.0 Å². The van der Waals surface area contributed by atoms with E-state index in [1.54, 1.807) is 0 Å². The maximum atomic E-state index is 10.3. The number of carboxylic acid groups (broad SMARTS) is 1. The molecule has 0 spiro atoms. The summed E-state index contributed by atoms with van der Waals surface area (Å²) in [4.78, 5) is 10.3. The second kappa shape index (κ2) is 3.57. The Morgan fingerprint density at radius 2 is 2.45 bits per heavy atom. The molecule has 0 saturated carbocycles. The van der Waals surface area contributed by atoms with Crippen LogP contribution in [0.1, 0.15) is 13.3 Å². The van der Waals surface area contributed by atoms with Gasteiger partial charge >= 0.3 is 6.09 Å². The smallest absolute Gasteiger partial charge is 0.404 e. The fraction of sp³-hybridized carbons (Fsp3) is 0.857. The van der Waals surface area contributed by atoms with Crippen LogP contribution >= 0.6 is 0 Å². The van der Waals surface area contributed by atoms with Crippen molar-refractivity contribution in [3.63, 3.8) is 0 Å². The molecule has 1 rings (SSSR count). The molecule has 0 radical (unpaired) electrons. The highest BCUT2D eigenvalue weighted by atomic mass is 16.4. The number of nitrogens with one attached hydrogen (secondary N) is 2. The lowest BCUT2D eigenvalue weighted by Gasteiger charge is -2.28. The van der Waals surface area contributed by atoms with Crippen molar-refractivity contribution in [1.82, 2.24) is 10.6 Å². The molecule has 1 saturated heterocycles. The number of hydrogen-bond donors (Lipinski definition) is 3. The van der Waals surface area contributed by atoms with Gasteiger partial charge in [-0.05, 0) is 25.4 Å². The van der Waals surface area contributed by atoms with E-state index < -0.39 is 6.09 Å². The summed E-state index contributed by atoms with van der Waals surface area (Å²) in [7, 11) is 0. The Morgan fingerprint density at radius 3 is 3.00 bits per heavy atom. The van der Waals surface area contributed by atoms with E-state index in [0.29, 0.717) is 5.92 Å². The van der Waals surface area contributed by atoms with Gasteiger partial charge in [0.1, 0.15) is 0 Å². The van der Waals surface area contributed by atoms with Crippen LogP contribution < -0.4 is 10.6 Å². The van der Waals surface area contributed by atoms with Crippen LogP contribution in [0.3, 0.4) is 0 Å². The van der Waals surface area contributed by atoms with E-state index in [2.05, 4.69) is 10.6 Å². The summed E-state index contributed by atoms with van der Waals surface area (Å²) in [5.41, 5.74) is 0. The van der Waals surface area contributed by atoms with Crippen molar-refractivity contribution in [3.8, 4) is 0 Å². The molecule has 1 aliphatic heterocycles. The largest absolute Gasteiger partial charge is 0.465 e. The molecule has 0 aromatic rings. The first-order chi connectivity index (χ1) is 5.20. The Morgan fingerprint density at radius 1 is 1.73 bits per heavy atom. The van der Waals surface area contributed by atoms with Crippen molar-refractivity contribution in [2.45, 2.75) is 19.4 Å². The predicted octanol–water partition coefficient (Wildman–Crippen LogP) is 0.252. The van der Waals surface area contributed by atoms with E-state index in [-0.39, 0.29) is 6.04 Å². The molecule has 0 bridgehead atoms. The summed E-state index contributed by atoms with van der Waals surface area (Å²) < 4.78 is 0. The van der Waals surface area contributed by atoms with Crippen molar-refractivity contribution in [1.29, 1.82) is 0 Å². The molecule has 4 heteroatoms. The van der Waals surface area contributed by atoms with Crippen LogP contribution in [0.25, 0.3) is 0 Å². The van der Waals surface area contributed by atoms with Gasteiger partial charge in [0, 0.05) is 6.04 Å². The summed E-state index contributed by atoms with van der Waals surface area (Å²) in [5.74, 6) is 0.403. The molecule has 2 atom stereocenters. The zero-order valence-electron chi connectivity index (χ0n) is 6.63. The number of hydrogen-bond acceptors (Lipinski definition) is 2. The van der Waals surface area contributed by atoms with Crippen LogP contribution in [0.15, 0.2) is 0 Å². The molecule has 3 N–H and O–H groups in total. The molecule has 11 heavy (non-hydrogen) atoms. The van der Waals surface area contributed by atoms with Gasteiger partial charge in [-0.3, -0.25) is 0 Å². The second-order valence-electron chi connectivity index (χ2n) is 3.03. The quantitative estimate of drug-likeness (QED) is 0.512. The summed E-state index contributed by atoms with van der Waals surface area (Å²) in [6, 6.07) is 0.133. The Bertz CT molecular complexity index is 149. The average Bonchev–Trinajstić information content (AvgIpc) is 1.93. The van der Waals surface area contributed by atoms with Gasteiger partial charge in [0.15, 0.2) is 0 Å². The van der Waals surface area contributed by atoms with Crippen molar-refractivity contribution < 1.29 is 9.90 Å². The minimum absolute atomic E-state index is 0.133. The van der Waals surface area contributed by atoms with E-state index in [1.807, 2.05) is 6.92 Å². The summed E-state index contributed by atoms with van der Waals surface area (Å²) in [5, 5.41) is 14.2. The third-order valence-corrected chi connectivity index (χ3v) is 2.09. The molecule has 64 valence electrons. The highest BCUT2D eigenvalue weighted by molar-refractivity contribution is 5.64. The Hall–Kier alpha value is -0.770. The molecule has 0 aliphatic carbocycles. The van der Waals surface area contributed by atoms with Crippen LogP contribution in [0.2, 0.25) is 0 Å². The van der Waals surface area contributed by atoms with Gasteiger partial charge in [-0.2, -0.15) is 0 Å². The molecule has 2 unspecified atom stereocenters. The summed E-state index contributed by atoms with van der Waals surface area (Å²) in [6.07, 6.45) is -0.0169. The van der Waals surface area contributed by atoms with Crippen LogP contribution in [0, 0.1) is 5.92 Å². The van der Waals surface area contributed by atoms with Crippen molar-refractivity contribution in [2.24, 2.45) is 5.92 Å². The van der Waals surface area contributed by atoms with Gasteiger partial charge in [-0.25, -0.2) is 4.79 Å². The minimum atomic E-state index is -0.913. The molecule has 4 nitrogen and oxygen atoms in total. The standard InChI is InChI=1S/C7H14N2O2/c1-5-4-8-3-2-6(5)9-7(10)11/h5-6,8-9H,2-4H2,1H3,(H,10,11). The maximum Gasteiger partial charge on any atom is 0.404 e. The lowest BCUT2D eigenvalue weighted by Crippen LogP contribution is -2.47. The monoisotopic (exact) mass is 158 g/mol. The molecular weight excluding hydrogens is 144 g/mol. The first-order valence-electron chi connectivity index (χ1n) is 3.90. The van der Waals surface area contributed by atoms with Crippen LogP contribution in [0.4, 0.5) is 4.79 Å². The summed E-state index contributed by atoms with van der Waals surface area (Å²) >= 11 is 0. The molecular formula is C7H14N2O2. The van der Waals surface area contributed by atoms with Gasteiger partial charge in [0.25, 0.3) is 0 Å². The normalized spacial score (nSPS) is 31.4.